The van der Waals surface area contributed by atoms with Crippen molar-refractivity contribution < 1.29 is 37.0 Å². The number of anilines is 1. The quantitative estimate of drug-likeness (QED) is 0.338. The van der Waals surface area contributed by atoms with Gasteiger partial charge in [0.05, 0.1) is 18.8 Å². The van der Waals surface area contributed by atoms with Crippen LogP contribution in [0.15, 0.2) is 36.4 Å². The summed E-state index contributed by atoms with van der Waals surface area (Å²) in [5.74, 6) is -6.24. The van der Waals surface area contributed by atoms with Gasteiger partial charge in [-0.2, -0.15) is 0 Å². The Bertz CT molecular complexity index is 953. The second kappa shape index (κ2) is 11.6. The van der Waals surface area contributed by atoms with E-state index in [1.54, 1.807) is 6.07 Å². The van der Waals surface area contributed by atoms with Gasteiger partial charge in [-0.3, -0.25) is 14.4 Å². The first-order valence-electron chi connectivity index (χ1n) is 9.31. The molecule has 2 rings (SSSR count). The van der Waals surface area contributed by atoms with E-state index >= 15 is 0 Å². The molecule has 0 aromatic heterocycles. The number of carbonyl (C=O) groups is 3. The Hall–Kier alpha value is -3.56. The van der Waals surface area contributed by atoms with Gasteiger partial charge in [-0.25, -0.2) is 13.2 Å². The van der Waals surface area contributed by atoms with Gasteiger partial charge in [0.15, 0.2) is 24.1 Å². The number of hydrogen-bond acceptors (Lipinski definition) is 5. The van der Waals surface area contributed by atoms with Crippen molar-refractivity contribution in [2.24, 2.45) is 0 Å². The molecule has 7 nitrogen and oxygen atoms in total. The van der Waals surface area contributed by atoms with E-state index in [9.17, 15) is 27.6 Å². The van der Waals surface area contributed by atoms with Gasteiger partial charge < -0.3 is 20.1 Å². The molecule has 2 aromatic rings. The Morgan fingerprint density at radius 2 is 1.77 bits per heavy atom. The van der Waals surface area contributed by atoms with E-state index in [1.807, 2.05) is 30.4 Å². The minimum absolute atomic E-state index is 0.0367. The van der Waals surface area contributed by atoms with Crippen LogP contribution < -0.4 is 15.4 Å². The number of halogens is 3. The smallest absolute Gasteiger partial charge is 0.306 e. The molecule has 2 amide bonds. The van der Waals surface area contributed by atoms with Gasteiger partial charge in [-0.05, 0) is 43.2 Å². The molecule has 0 saturated heterocycles. The van der Waals surface area contributed by atoms with Crippen LogP contribution in [-0.4, -0.2) is 37.5 Å². The number of esters is 1. The van der Waals surface area contributed by atoms with Crippen LogP contribution in [0, 0.1) is 24.4 Å². The number of ether oxygens (including phenoxy) is 2. The van der Waals surface area contributed by atoms with Gasteiger partial charge in [0.25, 0.3) is 5.91 Å². The maximum Gasteiger partial charge on any atom is 0.306 e. The molecule has 0 spiro atoms. The number of nitrogens with one attached hydrogen (secondary N) is 2. The number of carbonyl (C=O) groups excluding carboxylic acids is 3. The monoisotopic (exact) mass is 438 g/mol. The molecule has 0 unspecified atom stereocenters. The summed E-state index contributed by atoms with van der Waals surface area (Å²) in [6.45, 7) is 1.04. The van der Waals surface area contributed by atoms with E-state index in [4.69, 9.17) is 9.47 Å². The van der Waals surface area contributed by atoms with Crippen LogP contribution in [0.4, 0.5) is 18.9 Å². The molecule has 0 bridgehead atoms. The maximum atomic E-state index is 13.5. The summed E-state index contributed by atoms with van der Waals surface area (Å²) in [4.78, 5) is 35.0. The highest BCUT2D eigenvalue weighted by molar-refractivity contribution is 5.94. The zero-order valence-corrected chi connectivity index (χ0v) is 16.7. The highest BCUT2D eigenvalue weighted by atomic mass is 19.2. The Balaban J connectivity index is 1.61. The SMILES string of the molecule is Cc1cccc(OCCCC(=O)OCC(=O)NCC(=O)Nc2ccc(F)c(F)c2F)c1. The van der Waals surface area contributed by atoms with E-state index in [2.05, 4.69) is 5.32 Å². The zero-order valence-electron chi connectivity index (χ0n) is 16.7. The van der Waals surface area contributed by atoms with Gasteiger partial charge in [0.1, 0.15) is 5.75 Å². The fourth-order valence-corrected chi connectivity index (χ4v) is 2.38. The summed E-state index contributed by atoms with van der Waals surface area (Å²) < 4.78 is 49.7. The van der Waals surface area contributed by atoms with Crippen molar-refractivity contribution >= 4 is 23.5 Å². The van der Waals surface area contributed by atoms with Crippen molar-refractivity contribution in [3.63, 3.8) is 0 Å². The predicted octanol–water partition coefficient (Wildman–Crippen LogP) is 2.87. The fraction of sp³-hybridized carbons (Fsp3) is 0.286. The second-order valence-electron chi connectivity index (χ2n) is 6.48. The standard InChI is InChI=1S/C21H21F3N2O5/c1-13-4-2-5-14(10-13)30-9-3-6-19(29)31-12-18(28)25-11-17(27)26-16-8-7-15(22)20(23)21(16)24/h2,4-5,7-8,10H,3,6,9,11-12H2,1H3,(H,25,28)(H,26,27). The number of amides is 2. The van der Waals surface area contributed by atoms with Crippen molar-refractivity contribution in [3.05, 3.63) is 59.4 Å². The molecule has 0 aliphatic carbocycles. The lowest BCUT2D eigenvalue weighted by atomic mass is 10.2. The highest BCUT2D eigenvalue weighted by Crippen LogP contribution is 2.19. The average Bonchev–Trinajstić information content (AvgIpc) is 2.74. The Morgan fingerprint density at radius 3 is 2.52 bits per heavy atom. The van der Waals surface area contributed by atoms with Gasteiger partial charge in [-0.1, -0.05) is 12.1 Å². The van der Waals surface area contributed by atoms with Crippen LogP contribution in [0.2, 0.25) is 0 Å². The Labute approximate surface area is 176 Å². The molecule has 0 atom stereocenters. The van der Waals surface area contributed by atoms with Crippen molar-refractivity contribution in [2.75, 3.05) is 25.1 Å². The van der Waals surface area contributed by atoms with E-state index in [0.29, 0.717) is 24.8 Å². The average molecular weight is 438 g/mol. The van der Waals surface area contributed by atoms with E-state index in [-0.39, 0.29) is 6.42 Å². The molecular weight excluding hydrogens is 417 g/mol. The summed E-state index contributed by atoms with van der Waals surface area (Å²) in [7, 11) is 0. The highest BCUT2D eigenvalue weighted by Gasteiger charge is 2.16. The third-order valence-electron chi connectivity index (χ3n) is 3.90. The van der Waals surface area contributed by atoms with Crippen molar-refractivity contribution in [1.29, 1.82) is 0 Å². The van der Waals surface area contributed by atoms with Gasteiger partial charge in [0, 0.05) is 6.42 Å². The molecule has 0 fully saturated rings. The topological polar surface area (TPSA) is 93.7 Å². The normalized spacial score (nSPS) is 10.3. The van der Waals surface area contributed by atoms with Crippen LogP contribution in [0.1, 0.15) is 18.4 Å². The third kappa shape index (κ3) is 8.00. The number of benzene rings is 2. The molecule has 10 heteroatoms. The van der Waals surface area contributed by atoms with E-state index < -0.39 is 54.1 Å². The summed E-state index contributed by atoms with van der Waals surface area (Å²) >= 11 is 0. The number of aryl methyl sites for hydroxylation is 1. The van der Waals surface area contributed by atoms with E-state index in [1.165, 1.54) is 0 Å². The third-order valence-corrected chi connectivity index (χ3v) is 3.90. The van der Waals surface area contributed by atoms with Gasteiger partial charge >= 0.3 is 5.97 Å². The molecule has 31 heavy (non-hydrogen) atoms. The largest absolute Gasteiger partial charge is 0.494 e. The van der Waals surface area contributed by atoms with E-state index in [0.717, 1.165) is 11.6 Å². The van der Waals surface area contributed by atoms with Gasteiger partial charge in [-0.15, -0.1) is 0 Å². The Kier molecular flexibility index (Phi) is 8.86. The molecule has 0 saturated carbocycles. The first-order chi connectivity index (χ1) is 14.8. The minimum atomic E-state index is -1.72. The van der Waals surface area contributed by atoms with Gasteiger partial charge in [0.2, 0.25) is 5.91 Å². The first-order valence-corrected chi connectivity index (χ1v) is 9.31. The summed E-state index contributed by atoms with van der Waals surface area (Å²) in [5.41, 5.74) is 0.476. The predicted molar refractivity (Wildman–Crippen MR) is 105 cm³/mol. The summed E-state index contributed by atoms with van der Waals surface area (Å²) in [5, 5.41) is 4.15. The molecule has 166 valence electrons. The molecule has 2 N–H and O–H groups in total. The van der Waals surface area contributed by atoms with Crippen LogP contribution in [0.25, 0.3) is 0 Å². The fourth-order valence-electron chi connectivity index (χ4n) is 2.38. The minimum Gasteiger partial charge on any atom is -0.494 e. The van der Waals surface area contributed by atoms with Crippen molar-refractivity contribution in [1.82, 2.24) is 5.32 Å². The molecule has 2 aromatic carbocycles. The lowest BCUT2D eigenvalue weighted by molar-refractivity contribution is -0.148. The molecule has 0 radical (unpaired) electrons. The first kappa shape index (κ1) is 23.7. The van der Waals surface area contributed by atoms with Crippen LogP contribution >= 0.6 is 0 Å². The number of rotatable bonds is 10. The van der Waals surface area contributed by atoms with Crippen LogP contribution in [0.3, 0.4) is 0 Å². The summed E-state index contributed by atoms with van der Waals surface area (Å²) in [6, 6.07) is 8.94. The van der Waals surface area contributed by atoms with Crippen LogP contribution in [-0.2, 0) is 19.1 Å². The lowest BCUT2D eigenvalue weighted by Crippen LogP contribution is -2.35. The van der Waals surface area contributed by atoms with Crippen LogP contribution in [0.5, 0.6) is 5.75 Å². The molecule has 0 aliphatic rings. The summed E-state index contributed by atoms with van der Waals surface area (Å²) in [6.07, 6.45) is 0.422. The van der Waals surface area contributed by atoms with Crippen molar-refractivity contribution in [2.45, 2.75) is 19.8 Å². The Morgan fingerprint density at radius 1 is 1.00 bits per heavy atom. The maximum absolute atomic E-state index is 13.5. The molecule has 0 aliphatic heterocycles. The molecule has 0 heterocycles. The lowest BCUT2D eigenvalue weighted by Gasteiger charge is -2.09. The number of hydrogen-bond donors (Lipinski definition) is 2. The second-order valence-corrected chi connectivity index (χ2v) is 6.48. The molecular formula is C21H21F3N2O5. The zero-order chi connectivity index (χ0) is 22.8. The van der Waals surface area contributed by atoms with Crippen molar-refractivity contribution in [3.8, 4) is 5.75 Å².